The molecule has 1 aliphatic heterocycles. The molecule has 7 heteroatoms. The molecule has 0 spiro atoms. The third-order valence-corrected chi connectivity index (χ3v) is 2.64. The third-order valence-electron chi connectivity index (χ3n) is 2.64. The minimum Gasteiger partial charge on any atom is -0.480 e. The van der Waals surface area contributed by atoms with Gasteiger partial charge in [0, 0.05) is 0 Å². The highest BCUT2D eigenvalue weighted by Gasteiger charge is 2.57. The summed E-state index contributed by atoms with van der Waals surface area (Å²) in [5, 5.41) is 11.2. The highest BCUT2D eigenvalue weighted by molar-refractivity contribution is 6.06. The molecule has 7 nitrogen and oxygen atoms in total. The van der Waals surface area contributed by atoms with E-state index in [-0.39, 0.29) is 6.61 Å². The van der Waals surface area contributed by atoms with Crippen molar-refractivity contribution >= 4 is 17.8 Å². The van der Waals surface area contributed by atoms with Gasteiger partial charge in [-0.2, -0.15) is 0 Å². The second-order valence-electron chi connectivity index (χ2n) is 3.69. The monoisotopic (exact) mass is 214 g/mol. The maximum atomic E-state index is 11.5. The molecule has 0 aromatic heterocycles. The fraction of sp³-hybridized carbons (Fsp3) is 0.625. The minimum atomic E-state index is -1.32. The van der Waals surface area contributed by atoms with Gasteiger partial charge in [0.1, 0.15) is 18.1 Å². The molecule has 1 aliphatic carbocycles. The van der Waals surface area contributed by atoms with Gasteiger partial charge < -0.3 is 10.4 Å². The molecular formula is C8H10N2O5. The van der Waals surface area contributed by atoms with E-state index in [4.69, 9.17) is 5.11 Å². The molecule has 15 heavy (non-hydrogen) atoms. The number of carboxylic acids is 1. The predicted octanol–water partition coefficient (Wildman–Crippen LogP) is -1.60. The van der Waals surface area contributed by atoms with Gasteiger partial charge in [-0.15, -0.1) is 0 Å². The molecule has 0 bridgehead atoms. The van der Waals surface area contributed by atoms with Crippen LogP contribution in [-0.4, -0.2) is 35.5 Å². The summed E-state index contributed by atoms with van der Waals surface area (Å²) in [6.45, 7) is 0.0280. The van der Waals surface area contributed by atoms with Crippen molar-refractivity contribution in [2.24, 2.45) is 5.41 Å². The topological polar surface area (TPSA) is 105 Å². The van der Waals surface area contributed by atoms with Gasteiger partial charge in [0.2, 0.25) is 5.91 Å². The molecular weight excluding hydrogens is 204 g/mol. The average molecular weight is 214 g/mol. The first-order valence-corrected chi connectivity index (χ1v) is 4.52. The lowest BCUT2D eigenvalue weighted by molar-refractivity contribution is -0.149. The molecule has 0 aromatic carbocycles. The van der Waals surface area contributed by atoms with Crippen LogP contribution in [0, 0.1) is 5.41 Å². The Labute approximate surface area is 84.7 Å². The zero-order valence-electron chi connectivity index (χ0n) is 7.78. The normalized spacial score (nSPS) is 26.9. The number of aliphatic carboxylic acids is 1. The van der Waals surface area contributed by atoms with Crippen LogP contribution in [0.5, 0.6) is 0 Å². The van der Waals surface area contributed by atoms with Gasteiger partial charge in [0.25, 0.3) is 5.91 Å². The van der Waals surface area contributed by atoms with E-state index in [9.17, 15) is 14.4 Å². The number of hydrogen-bond acceptors (Lipinski definition) is 4. The Bertz CT molecular complexity index is 336. The Morgan fingerprint density at radius 1 is 1.53 bits per heavy atom. The van der Waals surface area contributed by atoms with E-state index in [1.165, 1.54) is 0 Å². The summed E-state index contributed by atoms with van der Waals surface area (Å²) in [4.78, 5) is 38.0. The SMILES string of the molecule is O=C1NOCC1NC(=O)C1(C(=O)O)CC1. The third kappa shape index (κ3) is 1.54. The number of carbonyl (C=O) groups is 3. The van der Waals surface area contributed by atoms with Gasteiger partial charge >= 0.3 is 5.97 Å². The van der Waals surface area contributed by atoms with Gasteiger partial charge in [-0.1, -0.05) is 0 Å². The molecule has 1 heterocycles. The van der Waals surface area contributed by atoms with Crippen molar-refractivity contribution in [3.05, 3.63) is 0 Å². The maximum Gasteiger partial charge on any atom is 0.319 e. The van der Waals surface area contributed by atoms with Gasteiger partial charge in [-0.3, -0.25) is 19.2 Å². The lowest BCUT2D eigenvalue weighted by Gasteiger charge is -2.12. The lowest BCUT2D eigenvalue weighted by Crippen LogP contribution is -2.47. The van der Waals surface area contributed by atoms with Crippen molar-refractivity contribution in [1.29, 1.82) is 0 Å². The van der Waals surface area contributed by atoms with Gasteiger partial charge in [0.05, 0.1) is 0 Å². The van der Waals surface area contributed by atoms with Crippen molar-refractivity contribution in [2.75, 3.05) is 6.61 Å². The summed E-state index contributed by atoms with van der Waals surface area (Å²) in [6.07, 6.45) is 0.646. The minimum absolute atomic E-state index is 0.0280. The van der Waals surface area contributed by atoms with E-state index in [0.717, 1.165) is 0 Å². The summed E-state index contributed by atoms with van der Waals surface area (Å²) in [6, 6.07) is -0.783. The van der Waals surface area contributed by atoms with E-state index in [0.29, 0.717) is 12.8 Å². The summed E-state index contributed by atoms with van der Waals surface area (Å²) >= 11 is 0. The first-order chi connectivity index (χ1) is 7.06. The Hall–Kier alpha value is -1.63. The maximum absolute atomic E-state index is 11.5. The van der Waals surface area contributed by atoms with Crippen LogP contribution >= 0.6 is 0 Å². The molecule has 2 rings (SSSR count). The van der Waals surface area contributed by atoms with Crippen molar-refractivity contribution in [3.63, 3.8) is 0 Å². The highest BCUT2D eigenvalue weighted by atomic mass is 16.7. The van der Waals surface area contributed by atoms with Crippen molar-refractivity contribution in [1.82, 2.24) is 10.8 Å². The lowest BCUT2D eigenvalue weighted by atomic mass is 10.1. The molecule has 0 aromatic rings. The van der Waals surface area contributed by atoms with Crippen molar-refractivity contribution in [2.45, 2.75) is 18.9 Å². The highest BCUT2D eigenvalue weighted by Crippen LogP contribution is 2.46. The van der Waals surface area contributed by atoms with Gasteiger partial charge in [-0.05, 0) is 12.8 Å². The van der Waals surface area contributed by atoms with E-state index >= 15 is 0 Å². The largest absolute Gasteiger partial charge is 0.480 e. The number of hydroxylamine groups is 1. The molecule has 2 aliphatic rings. The fourth-order valence-corrected chi connectivity index (χ4v) is 1.41. The molecule has 1 unspecified atom stereocenters. The zero-order chi connectivity index (χ0) is 11.1. The summed E-state index contributed by atoms with van der Waals surface area (Å²) < 4.78 is 0. The number of carboxylic acid groups (broad SMARTS) is 1. The van der Waals surface area contributed by atoms with Crippen LogP contribution in [0.2, 0.25) is 0 Å². The number of nitrogens with one attached hydrogen (secondary N) is 2. The smallest absolute Gasteiger partial charge is 0.319 e. The van der Waals surface area contributed by atoms with Crippen molar-refractivity contribution in [3.8, 4) is 0 Å². The summed E-state index contributed by atoms with van der Waals surface area (Å²) in [5.74, 6) is -2.20. The van der Waals surface area contributed by atoms with E-state index in [2.05, 4.69) is 15.6 Å². The second kappa shape index (κ2) is 3.20. The molecule has 3 N–H and O–H groups in total. The van der Waals surface area contributed by atoms with Crippen molar-refractivity contribution < 1.29 is 24.3 Å². The predicted molar refractivity (Wildman–Crippen MR) is 45.3 cm³/mol. The average Bonchev–Trinajstić information content (AvgIpc) is 2.89. The Morgan fingerprint density at radius 3 is 2.60 bits per heavy atom. The van der Waals surface area contributed by atoms with Gasteiger partial charge in [-0.25, -0.2) is 5.48 Å². The first kappa shape index (κ1) is 9.91. The van der Waals surface area contributed by atoms with Crippen LogP contribution in [0.1, 0.15) is 12.8 Å². The van der Waals surface area contributed by atoms with Crippen LogP contribution in [0.15, 0.2) is 0 Å². The summed E-state index contributed by atoms with van der Waals surface area (Å²) in [5.41, 5.74) is 0.758. The number of carbonyl (C=O) groups excluding carboxylic acids is 2. The van der Waals surface area contributed by atoms with Crippen LogP contribution in [-0.2, 0) is 19.2 Å². The number of hydrogen-bond donors (Lipinski definition) is 3. The molecule has 2 amide bonds. The van der Waals surface area contributed by atoms with E-state index in [1.54, 1.807) is 0 Å². The molecule has 1 atom stereocenters. The van der Waals surface area contributed by atoms with E-state index < -0.39 is 29.2 Å². The molecule has 1 saturated heterocycles. The van der Waals surface area contributed by atoms with Crippen LogP contribution in [0.3, 0.4) is 0 Å². The van der Waals surface area contributed by atoms with Crippen LogP contribution in [0.4, 0.5) is 0 Å². The fourth-order valence-electron chi connectivity index (χ4n) is 1.41. The molecule has 0 radical (unpaired) electrons. The number of amides is 2. The Kier molecular flexibility index (Phi) is 2.11. The van der Waals surface area contributed by atoms with Gasteiger partial charge in [0.15, 0.2) is 0 Å². The quantitative estimate of drug-likeness (QED) is 0.490. The molecule has 82 valence electrons. The molecule has 2 fully saturated rings. The summed E-state index contributed by atoms with van der Waals surface area (Å²) in [7, 11) is 0. The zero-order valence-corrected chi connectivity index (χ0v) is 7.78. The van der Waals surface area contributed by atoms with E-state index in [1.807, 2.05) is 0 Å². The first-order valence-electron chi connectivity index (χ1n) is 4.52. The van der Waals surface area contributed by atoms with Crippen LogP contribution in [0.25, 0.3) is 0 Å². The van der Waals surface area contributed by atoms with Crippen LogP contribution < -0.4 is 10.8 Å². The number of rotatable bonds is 3. The molecule has 1 saturated carbocycles. The Morgan fingerprint density at radius 2 is 2.20 bits per heavy atom. The second-order valence-corrected chi connectivity index (χ2v) is 3.69. The Balaban J connectivity index is 1.98. The standard InChI is InChI=1S/C8H10N2O5/c11-5-4(3-15-10-5)9-6(12)8(1-2-8)7(13)14/h4H,1-3H2,(H,9,12)(H,10,11)(H,13,14).